The average Bonchev–Trinajstić information content (AvgIpc) is 3.69. The first kappa shape index (κ1) is 47.8. The maximum atomic E-state index is 12.0. The van der Waals surface area contributed by atoms with Gasteiger partial charge in [0.15, 0.2) is 24.7 Å². The van der Waals surface area contributed by atoms with Crippen LogP contribution in [0.15, 0.2) is 0 Å². The van der Waals surface area contributed by atoms with Gasteiger partial charge in [-0.2, -0.15) is 0 Å². The van der Waals surface area contributed by atoms with E-state index in [1.54, 1.807) is 0 Å². The molecule has 8 fully saturated rings. The minimum absolute atomic E-state index is 0.0272. The summed E-state index contributed by atoms with van der Waals surface area (Å²) >= 11 is 0. The Bertz CT molecular complexity index is 1510. The minimum Gasteiger partial charge on any atom is -0.394 e. The summed E-state index contributed by atoms with van der Waals surface area (Å²) in [6.07, 6.45) is -10.7. The van der Waals surface area contributed by atoms with Crippen LogP contribution in [0.2, 0.25) is 0 Å². The summed E-state index contributed by atoms with van der Waals surface area (Å²) in [5.41, 5.74) is 0.124. The predicted octanol–water partition coefficient (Wildman–Crippen LogP) is -1.14. The summed E-state index contributed by atoms with van der Waals surface area (Å²) in [6, 6.07) is 0. The Balaban J connectivity index is 0.833. The van der Waals surface area contributed by atoms with Crippen LogP contribution in [0.1, 0.15) is 91.9 Å². The third-order valence-corrected chi connectivity index (χ3v) is 17.6. The molecule has 18 nitrogen and oxygen atoms in total. The summed E-state index contributed by atoms with van der Waals surface area (Å²) in [5.74, 6) is 0.766. The van der Waals surface area contributed by atoms with Crippen molar-refractivity contribution in [2.45, 2.75) is 196 Å². The summed E-state index contributed by atoms with van der Waals surface area (Å²) in [5, 5.41) is 115. The van der Waals surface area contributed by atoms with Crippen molar-refractivity contribution in [3.05, 3.63) is 0 Å². The molecule has 18 heteroatoms. The van der Waals surface area contributed by atoms with Crippen molar-refractivity contribution in [1.82, 2.24) is 0 Å². The molecule has 62 heavy (non-hydrogen) atoms. The normalized spacial score (nSPS) is 55.8. The Morgan fingerprint density at radius 1 is 0.694 bits per heavy atom. The topological polar surface area (TPSA) is 287 Å². The van der Waals surface area contributed by atoms with Crippen molar-refractivity contribution in [2.75, 3.05) is 26.4 Å². The summed E-state index contributed by atoms with van der Waals surface area (Å²) in [6.45, 7) is 8.04. The molecular weight excluding hydrogens is 816 g/mol. The molecule has 8 rings (SSSR count). The highest BCUT2D eigenvalue weighted by molar-refractivity contribution is 5.15. The average molecular weight is 891 g/mol. The van der Waals surface area contributed by atoms with Crippen LogP contribution in [0.25, 0.3) is 0 Å². The Morgan fingerprint density at radius 2 is 1.35 bits per heavy atom. The SMILES string of the molecule is C[C@@H](CC[C@]1(O)O[C@H]2C[C@H]3[C@@H]4CC[C@@H]5C[C@@H](O[C@@H]6O[C@H](CO[C@@H]7OC[C@@H](O)[C@H](O)[C@H]7O)[C@@H](O)[C@H](O)[C@H]6O)CC[C@]5(C)[C@H]4CC[C@]3(C)[C@H]2[C@@H]1C)CO[C@@H]1O[C@H](CO)[C@@H](O)[C@H](O)[C@H]1O. The van der Waals surface area contributed by atoms with E-state index >= 15 is 0 Å². The van der Waals surface area contributed by atoms with Crippen molar-refractivity contribution in [3.8, 4) is 0 Å². The highest BCUT2D eigenvalue weighted by atomic mass is 16.7. The second-order valence-corrected chi connectivity index (χ2v) is 21.1. The number of fused-ring (bicyclic) bond motifs is 7. The molecule has 0 unspecified atom stereocenters. The number of aliphatic hydroxyl groups is 11. The zero-order valence-corrected chi connectivity index (χ0v) is 36.5. The molecule has 4 aliphatic heterocycles. The van der Waals surface area contributed by atoms with E-state index in [4.69, 9.17) is 33.2 Å². The summed E-state index contributed by atoms with van der Waals surface area (Å²) in [4.78, 5) is 0. The zero-order chi connectivity index (χ0) is 44.6. The van der Waals surface area contributed by atoms with Crippen molar-refractivity contribution in [2.24, 2.45) is 52.3 Å². The van der Waals surface area contributed by atoms with Gasteiger partial charge < -0.3 is 89.3 Å². The number of aliphatic hydroxyl groups excluding tert-OH is 10. The molecule has 0 bridgehead atoms. The first-order valence-corrected chi connectivity index (χ1v) is 23.3. The van der Waals surface area contributed by atoms with Gasteiger partial charge in [-0.25, -0.2) is 0 Å². The van der Waals surface area contributed by atoms with Crippen LogP contribution in [0.5, 0.6) is 0 Å². The van der Waals surface area contributed by atoms with E-state index in [1.165, 1.54) is 0 Å². The molecule has 26 atom stereocenters. The lowest BCUT2D eigenvalue weighted by molar-refractivity contribution is -0.331. The molecule has 0 radical (unpaired) electrons. The second kappa shape index (κ2) is 18.4. The highest BCUT2D eigenvalue weighted by Crippen LogP contribution is 2.71. The molecule has 11 N–H and O–H groups in total. The van der Waals surface area contributed by atoms with Gasteiger partial charge in [0.05, 0.1) is 38.6 Å². The quantitative estimate of drug-likeness (QED) is 0.103. The Kier molecular flexibility index (Phi) is 14.2. The fourth-order valence-electron chi connectivity index (χ4n) is 13.8. The monoisotopic (exact) mass is 890 g/mol. The first-order valence-electron chi connectivity index (χ1n) is 23.3. The van der Waals surface area contributed by atoms with Gasteiger partial charge in [-0.1, -0.05) is 27.7 Å². The van der Waals surface area contributed by atoms with Gasteiger partial charge in [-0.3, -0.25) is 0 Å². The van der Waals surface area contributed by atoms with Gasteiger partial charge in [0.25, 0.3) is 0 Å². The van der Waals surface area contributed by atoms with Crippen molar-refractivity contribution in [3.63, 3.8) is 0 Å². The molecule has 0 aromatic carbocycles. The van der Waals surface area contributed by atoms with Crippen LogP contribution < -0.4 is 0 Å². The van der Waals surface area contributed by atoms with E-state index < -0.39 is 98.4 Å². The standard InChI is InChI=1S/C44H74O18/c1-19(16-56-40-37(53)34(50)32(48)28(15-45)60-40)7-12-44(55)20(2)30-27(62-44)14-25-23-6-5-21-13-22(8-10-42(21,3)24(23)9-11-43(25,30)4)59-41-38(54)35(51)33(49)29(61-41)18-58-39-36(52)31(47)26(46)17-57-39/h19-41,45-55H,5-18H2,1-4H3/t19-,20-,21+,22-,23+,24-,25-,26+,27-,28+,29+,30-,31-,32+,33+,34-,35-,36+,37+,38+,39-,40+,41+,42-,43-,44-/m0/s1. The minimum atomic E-state index is -1.57. The van der Waals surface area contributed by atoms with E-state index in [2.05, 4.69) is 20.8 Å². The molecule has 4 saturated heterocycles. The van der Waals surface area contributed by atoms with Crippen LogP contribution in [0.3, 0.4) is 0 Å². The lowest BCUT2D eigenvalue weighted by Crippen LogP contribution is -2.61. The molecule has 0 aromatic heterocycles. The van der Waals surface area contributed by atoms with Gasteiger partial charge in [-0.15, -0.1) is 0 Å². The second-order valence-electron chi connectivity index (χ2n) is 21.1. The molecule has 0 amide bonds. The van der Waals surface area contributed by atoms with Gasteiger partial charge in [0, 0.05) is 12.3 Å². The van der Waals surface area contributed by atoms with Gasteiger partial charge in [0.1, 0.15) is 67.1 Å². The zero-order valence-electron chi connectivity index (χ0n) is 36.5. The fourth-order valence-corrected chi connectivity index (χ4v) is 13.8. The number of rotatable bonds is 12. The highest BCUT2D eigenvalue weighted by Gasteiger charge is 2.68. The molecule has 4 saturated carbocycles. The Hall–Kier alpha value is -0.720. The largest absolute Gasteiger partial charge is 0.394 e. The lowest BCUT2D eigenvalue weighted by atomic mass is 9.44. The van der Waals surface area contributed by atoms with E-state index in [0.717, 1.165) is 51.4 Å². The van der Waals surface area contributed by atoms with Crippen molar-refractivity contribution < 1.29 is 89.3 Å². The third kappa shape index (κ3) is 8.46. The van der Waals surface area contributed by atoms with E-state index in [0.29, 0.717) is 36.5 Å². The van der Waals surface area contributed by atoms with Crippen LogP contribution in [0.4, 0.5) is 0 Å². The summed E-state index contributed by atoms with van der Waals surface area (Å²) < 4.78 is 41.2. The molecule has 4 heterocycles. The third-order valence-electron chi connectivity index (χ3n) is 17.6. The lowest BCUT2D eigenvalue weighted by Gasteiger charge is -2.61. The number of hydrogen-bond acceptors (Lipinski definition) is 18. The predicted molar refractivity (Wildman–Crippen MR) is 213 cm³/mol. The van der Waals surface area contributed by atoms with E-state index in [1.807, 2.05) is 6.92 Å². The molecular formula is C44H74O18. The van der Waals surface area contributed by atoms with E-state index in [9.17, 15) is 56.2 Å². The number of ether oxygens (including phenoxy) is 7. The Labute approximate surface area is 363 Å². The van der Waals surface area contributed by atoms with Crippen molar-refractivity contribution >= 4 is 0 Å². The van der Waals surface area contributed by atoms with Gasteiger partial charge in [0.2, 0.25) is 0 Å². The van der Waals surface area contributed by atoms with Crippen LogP contribution in [-0.2, 0) is 33.2 Å². The molecule has 4 aliphatic carbocycles. The van der Waals surface area contributed by atoms with E-state index in [-0.39, 0.29) is 60.6 Å². The fraction of sp³-hybridized carbons (Fsp3) is 1.00. The van der Waals surface area contributed by atoms with Crippen LogP contribution in [-0.4, -0.2) is 187 Å². The molecule has 8 aliphatic rings. The number of hydrogen-bond donors (Lipinski definition) is 11. The molecule has 0 aromatic rings. The van der Waals surface area contributed by atoms with Gasteiger partial charge >= 0.3 is 0 Å². The van der Waals surface area contributed by atoms with Crippen LogP contribution in [0, 0.1) is 52.3 Å². The van der Waals surface area contributed by atoms with Crippen molar-refractivity contribution in [1.29, 1.82) is 0 Å². The summed E-state index contributed by atoms with van der Waals surface area (Å²) in [7, 11) is 0. The maximum absolute atomic E-state index is 12.0. The maximum Gasteiger partial charge on any atom is 0.186 e. The first-order chi connectivity index (χ1) is 29.3. The van der Waals surface area contributed by atoms with Gasteiger partial charge in [-0.05, 0) is 104 Å². The molecule has 358 valence electrons. The molecule has 0 spiro atoms. The smallest absolute Gasteiger partial charge is 0.186 e. The van der Waals surface area contributed by atoms with Crippen LogP contribution >= 0.6 is 0 Å². The Morgan fingerprint density at radius 3 is 2.08 bits per heavy atom.